The van der Waals surface area contributed by atoms with Crippen LogP contribution in [-0.4, -0.2) is 92.2 Å². The Bertz CT molecular complexity index is 3820. The molecule has 32 heteroatoms. The Balaban J connectivity index is 1.45. The summed E-state index contributed by atoms with van der Waals surface area (Å²) < 4.78 is 52.6. The number of benzene rings is 8. The fourth-order valence-corrected chi connectivity index (χ4v) is 13.6. The van der Waals surface area contributed by atoms with Crippen molar-refractivity contribution in [3.63, 3.8) is 0 Å². The number of rotatable bonds is 32. The van der Waals surface area contributed by atoms with E-state index in [1.54, 1.807) is 0 Å². The molecule has 8 aromatic carbocycles. The van der Waals surface area contributed by atoms with Gasteiger partial charge in [0.2, 0.25) is 0 Å². The van der Waals surface area contributed by atoms with Crippen LogP contribution in [0.15, 0.2) is 97.1 Å². The zero-order valence-electron chi connectivity index (χ0n) is 63.6. The van der Waals surface area contributed by atoms with E-state index in [2.05, 4.69) is 0 Å². The number of hydrogen-bond donors (Lipinski definition) is 0. The van der Waals surface area contributed by atoms with Crippen molar-refractivity contribution < 1.29 is 77.3 Å². The molecule has 0 spiro atoms. The van der Waals surface area contributed by atoms with E-state index in [0.29, 0.717) is 51.4 Å². The topological polar surface area (TPSA) is 419 Å². The molecule has 0 aliphatic heterocycles. The molecule has 32 nitrogen and oxygen atoms in total. The third kappa shape index (κ3) is 20.2. The highest BCUT2D eigenvalue weighted by Gasteiger charge is 2.33. The molecule has 9 rings (SSSR count). The van der Waals surface area contributed by atoms with Crippen LogP contribution in [0.4, 0.5) is 45.5 Å². The summed E-state index contributed by atoms with van der Waals surface area (Å²) in [6, 6.07) is 19.8. The van der Waals surface area contributed by atoms with Crippen LogP contribution in [0.2, 0.25) is 0 Å². The van der Waals surface area contributed by atoms with Gasteiger partial charge in [-0.15, -0.1) is 0 Å². The van der Waals surface area contributed by atoms with Gasteiger partial charge in [-0.3, -0.25) is 80.9 Å². The monoisotopic (exact) mass is 1540 g/mol. The van der Waals surface area contributed by atoms with Gasteiger partial charge in [-0.25, -0.2) is 0 Å². The van der Waals surface area contributed by atoms with Gasteiger partial charge in [0.1, 0.15) is 46.0 Å². The molecule has 16 bridgehead atoms. The zero-order valence-corrected chi connectivity index (χ0v) is 63.6. The summed E-state index contributed by atoms with van der Waals surface area (Å²) >= 11 is 0. The highest BCUT2D eigenvalue weighted by atomic mass is 16.7. The minimum Gasteiger partial charge on any atom is -0.493 e. The van der Waals surface area contributed by atoms with Crippen molar-refractivity contribution in [1.29, 1.82) is 0 Å². The molecule has 0 unspecified atom stereocenters. The Hall–Kier alpha value is -12.6. The lowest BCUT2D eigenvalue weighted by molar-refractivity contribution is -0.385. The molecule has 0 radical (unpaired) electrons. The van der Waals surface area contributed by atoms with Crippen LogP contribution in [0.1, 0.15) is 196 Å². The lowest BCUT2D eigenvalue weighted by atomic mass is 9.90. The Labute approximate surface area is 644 Å². The lowest BCUT2D eigenvalue weighted by Crippen LogP contribution is -2.11. The molecule has 1 aliphatic carbocycles. The first-order chi connectivity index (χ1) is 53.8. The summed E-state index contributed by atoms with van der Waals surface area (Å²) in [5.74, 6) is 0.426. The summed E-state index contributed by atoms with van der Waals surface area (Å²) in [6.07, 6.45) is 0.0725. The molecule has 0 aromatic heterocycles. The Morgan fingerprint density at radius 1 is 0.188 bits per heavy atom. The van der Waals surface area contributed by atoms with Gasteiger partial charge in [-0.05, 0) is 51.4 Å². The van der Waals surface area contributed by atoms with E-state index in [-0.39, 0.29) is 239 Å². The van der Waals surface area contributed by atoms with Gasteiger partial charge in [0.15, 0.2) is 0 Å². The second-order valence-corrected chi connectivity index (χ2v) is 27.0. The second-order valence-electron chi connectivity index (χ2n) is 27.0. The van der Waals surface area contributed by atoms with Gasteiger partial charge < -0.3 is 37.9 Å². The van der Waals surface area contributed by atoms with Crippen LogP contribution < -0.4 is 37.9 Å². The van der Waals surface area contributed by atoms with Crippen molar-refractivity contribution >= 4 is 45.5 Å². The summed E-state index contributed by atoms with van der Waals surface area (Å²) in [4.78, 5) is 101. The van der Waals surface area contributed by atoms with Gasteiger partial charge in [-0.2, -0.15) is 0 Å². The number of nitro groups is 8. The highest BCUT2D eigenvalue weighted by molar-refractivity contribution is 5.66. The van der Waals surface area contributed by atoms with Crippen molar-refractivity contribution in [2.45, 2.75) is 158 Å². The molecule has 1 aliphatic rings. The predicted octanol–water partition coefficient (Wildman–Crippen LogP) is 18.3. The maximum absolute atomic E-state index is 13.3. The van der Waals surface area contributed by atoms with Crippen molar-refractivity contribution in [3.05, 3.63) is 267 Å². The third-order valence-corrected chi connectivity index (χ3v) is 18.2. The van der Waals surface area contributed by atoms with E-state index in [1.807, 2.05) is 55.4 Å². The molecule has 8 aromatic rings. The molecule has 0 amide bonds. The SMILES string of the molecule is CCCOc1c2cc([N+](=O)[O-])cc1Cc1cc([N+](=O)[O-])cc(c1OCCC)Cc1cc([N+](=O)[O-])cc(c1OCCC)Cc1cc([N+](=O)[O-])cc(c1OCCC)Cc1cc([N+](=O)[O-])cc(c1OCCC)Cc1cc([N+](=O)[O-])cc(c1OCCC)Cc1cc([N+](=O)[O-])cc(c1OCCC)Cc1cc([N+](=O)[O-])cc(c1OCCC)C2. The van der Waals surface area contributed by atoms with Crippen molar-refractivity contribution in [1.82, 2.24) is 0 Å². The molecule has 0 heterocycles. The minimum absolute atomic E-state index is 0.00283. The number of fused-ring (bicyclic) bond motifs is 16. The number of nitrogens with zero attached hydrogens (tertiary/aromatic N) is 8. The molecule has 592 valence electrons. The molecule has 0 saturated carbocycles. The largest absolute Gasteiger partial charge is 0.493 e. The number of nitro benzene ring substituents is 8. The maximum Gasteiger partial charge on any atom is 0.270 e. The van der Waals surface area contributed by atoms with E-state index in [9.17, 15) is 80.9 Å². The van der Waals surface area contributed by atoms with Crippen LogP contribution in [0.3, 0.4) is 0 Å². The van der Waals surface area contributed by atoms with Gasteiger partial charge in [0.05, 0.1) is 92.2 Å². The molecular formula is C80H88N8O24. The van der Waals surface area contributed by atoms with Crippen LogP contribution in [-0.2, 0) is 51.4 Å². The standard InChI is InChI=1S/C80H88N8O24/c1-9-17-105-73-49-25-51-35-66(82(91)92)37-53(74(51)106-18-10-2)27-55-39-68(84(95)96)41-57(76(55)108-20-12-4)29-59-43-70(86(99)100)45-61(78(59)110-22-14-6)31-63-47-72(88(103)104)48-64(80(63)112-24-16-8)32-62-46-71(87(101)102)44-60(79(62)111-23-15-7)30-58-42-69(85(97)98)40-56(77(58)109-21-13-5)28-54-38-67(83(93)94)36-52(75(54)107-19-11-3)26-50(73)34-65(33-49)81(89)90/h33-48H,9-32H2,1-8H3. The van der Waals surface area contributed by atoms with E-state index in [4.69, 9.17) is 37.9 Å². The molecule has 0 atom stereocenters. The van der Waals surface area contributed by atoms with Crippen molar-refractivity contribution in [3.8, 4) is 46.0 Å². The fraction of sp³-hybridized carbons (Fsp3) is 0.400. The zero-order chi connectivity index (χ0) is 81.0. The van der Waals surface area contributed by atoms with Gasteiger partial charge in [-0.1, -0.05) is 55.4 Å². The van der Waals surface area contributed by atoms with Crippen LogP contribution in [0.25, 0.3) is 0 Å². The van der Waals surface area contributed by atoms with Crippen molar-refractivity contribution in [2.75, 3.05) is 52.9 Å². The Kier molecular flexibility index (Phi) is 28.8. The first-order valence-electron chi connectivity index (χ1n) is 37.2. The minimum atomic E-state index is -0.659. The quantitative estimate of drug-likeness (QED) is 0.0279. The van der Waals surface area contributed by atoms with Gasteiger partial charge >= 0.3 is 0 Å². The van der Waals surface area contributed by atoms with Crippen LogP contribution >= 0.6 is 0 Å². The maximum atomic E-state index is 13.3. The summed E-state index contributed by atoms with van der Waals surface area (Å²) in [6.45, 7) is 14.5. The fourth-order valence-electron chi connectivity index (χ4n) is 13.6. The Morgan fingerprint density at radius 2 is 0.268 bits per heavy atom. The van der Waals surface area contributed by atoms with Crippen LogP contribution in [0, 0.1) is 80.9 Å². The Morgan fingerprint density at radius 3 is 0.330 bits per heavy atom. The first kappa shape index (κ1) is 83.4. The molecule has 0 fully saturated rings. The molecule has 0 saturated heterocycles. The summed E-state index contributed by atoms with van der Waals surface area (Å²) in [5.41, 5.74) is -2.16. The number of ether oxygens (including phenoxy) is 8. The average Bonchev–Trinajstić information content (AvgIpc) is 0.779. The normalized spacial score (nSPS) is 12.1. The molecule has 0 N–H and O–H groups in total. The summed E-state index contributed by atoms with van der Waals surface area (Å²) in [7, 11) is 0. The number of hydrogen-bond acceptors (Lipinski definition) is 24. The smallest absolute Gasteiger partial charge is 0.270 e. The summed E-state index contributed by atoms with van der Waals surface area (Å²) in [5, 5.41) is 107. The number of non-ortho nitro benzene ring substituents is 8. The van der Waals surface area contributed by atoms with Gasteiger partial charge in [0.25, 0.3) is 45.5 Å². The molecule has 112 heavy (non-hydrogen) atoms. The third-order valence-electron chi connectivity index (χ3n) is 18.2. The van der Waals surface area contributed by atoms with E-state index in [1.165, 1.54) is 97.1 Å². The average molecular weight is 1550 g/mol. The van der Waals surface area contributed by atoms with Gasteiger partial charge in [0, 0.05) is 237 Å². The first-order valence-corrected chi connectivity index (χ1v) is 37.2. The van der Waals surface area contributed by atoms with Crippen molar-refractivity contribution in [2.24, 2.45) is 0 Å². The van der Waals surface area contributed by atoms with E-state index < -0.39 is 84.9 Å². The van der Waals surface area contributed by atoms with Crippen LogP contribution in [0.5, 0.6) is 46.0 Å². The second kappa shape index (κ2) is 38.6. The van der Waals surface area contributed by atoms with E-state index >= 15 is 0 Å². The van der Waals surface area contributed by atoms with E-state index in [0.717, 1.165) is 0 Å². The molecular weight excluding hydrogens is 1460 g/mol. The predicted molar refractivity (Wildman–Crippen MR) is 414 cm³/mol. The lowest BCUT2D eigenvalue weighted by Gasteiger charge is -2.22. The highest BCUT2D eigenvalue weighted by Crippen LogP contribution is 2.47.